The van der Waals surface area contributed by atoms with Crippen molar-refractivity contribution in [3.8, 4) is 0 Å². The second-order valence-corrected chi connectivity index (χ2v) is 5.98. The zero-order valence-electron chi connectivity index (χ0n) is 11.4. The van der Waals surface area contributed by atoms with Gasteiger partial charge < -0.3 is 5.41 Å². The first-order valence-electron chi connectivity index (χ1n) is 7.14. The predicted octanol–water partition coefficient (Wildman–Crippen LogP) is 5.10. The highest BCUT2D eigenvalue weighted by Gasteiger charge is 2.23. The highest BCUT2D eigenvalue weighted by molar-refractivity contribution is 6.30. The quantitative estimate of drug-likeness (QED) is 0.755. The van der Waals surface area contributed by atoms with Gasteiger partial charge in [-0.15, -0.1) is 0 Å². The number of hydrogen-bond acceptors (Lipinski definition) is 1. The SMILES string of the molecule is N=C(c1cccc(Cc2ccc(Cl)cc2)c1)C1CCC1. The molecular weight excluding hydrogens is 266 g/mol. The molecule has 0 aromatic heterocycles. The van der Waals surface area contributed by atoms with Crippen LogP contribution >= 0.6 is 11.6 Å². The van der Waals surface area contributed by atoms with E-state index in [0.29, 0.717) is 5.92 Å². The van der Waals surface area contributed by atoms with Gasteiger partial charge in [0.05, 0.1) is 0 Å². The molecule has 1 aliphatic carbocycles. The van der Waals surface area contributed by atoms with Gasteiger partial charge in [0, 0.05) is 16.7 Å². The summed E-state index contributed by atoms with van der Waals surface area (Å²) in [5.74, 6) is 0.487. The Morgan fingerprint density at radius 1 is 1.05 bits per heavy atom. The average molecular weight is 284 g/mol. The van der Waals surface area contributed by atoms with Gasteiger partial charge in [0.15, 0.2) is 0 Å². The molecule has 0 aliphatic heterocycles. The lowest BCUT2D eigenvalue weighted by atomic mass is 9.79. The molecule has 1 saturated carbocycles. The van der Waals surface area contributed by atoms with E-state index >= 15 is 0 Å². The Morgan fingerprint density at radius 3 is 2.45 bits per heavy atom. The molecule has 2 aromatic carbocycles. The van der Waals surface area contributed by atoms with Gasteiger partial charge in [-0.05, 0) is 54.2 Å². The summed E-state index contributed by atoms with van der Waals surface area (Å²) in [5.41, 5.74) is 4.41. The van der Waals surface area contributed by atoms with E-state index in [4.69, 9.17) is 17.0 Å². The zero-order chi connectivity index (χ0) is 13.9. The zero-order valence-corrected chi connectivity index (χ0v) is 12.2. The molecule has 0 bridgehead atoms. The Morgan fingerprint density at radius 2 is 1.80 bits per heavy atom. The van der Waals surface area contributed by atoms with Crippen molar-refractivity contribution in [2.24, 2.45) is 5.92 Å². The van der Waals surface area contributed by atoms with Crippen LogP contribution in [0.15, 0.2) is 48.5 Å². The van der Waals surface area contributed by atoms with Gasteiger partial charge in [0.2, 0.25) is 0 Å². The first kappa shape index (κ1) is 13.4. The van der Waals surface area contributed by atoms with Crippen LogP contribution in [0.5, 0.6) is 0 Å². The third kappa shape index (κ3) is 2.94. The fraction of sp³-hybridized carbons (Fsp3) is 0.278. The van der Waals surface area contributed by atoms with Crippen molar-refractivity contribution in [1.82, 2.24) is 0 Å². The van der Waals surface area contributed by atoms with E-state index in [2.05, 4.69) is 36.4 Å². The molecule has 2 heteroatoms. The van der Waals surface area contributed by atoms with Crippen molar-refractivity contribution < 1.29 is 0 Å². The Labute approximate surface area is 125 Å². The standard InChI is InChI=1S/C18H18ClN/c19-17-9-7-13(8-10-17)11-14-3-1-6-16(12-14)18(20)15-4-2-5-15/h1,3,6-10,12,15,20H,2,4-5,11H2. The molecule has 0 unspecified atom stereocenters. The van der Waals surface area contributed by atoms with E-state index in [1.54, 1.807) is 0 Å². The topological polar surface area (TPSA) is 23.9 Å². The van der Waals surface area contributed by atoms with Crippen LogP contribution in [0.4, 0.5) is 0 Å². The van der Waals surface area contributed by atoms with Crippen molar-refractivity contribution in [2.45, 2.75) is 25.7 Å². The number of nitrogens with one attached hydrogen (secondary N) is 1. The highest BCUT2D eigenvalue weighted by Crippen LogP contribution is 2.30. The molecular formula is C18H18ClN. The van der Waals surface area contributed by atoms with Crippen molar-refractivity contribution in [3.63, 3.8) is 0 Å². The Balaban J connectivity index is 1.76. The Hall–Kier alpha value is -1.60. The molecule has 20 heavy (non-hydrogen) atoms. The van der Waals surface area contributed by atoms with Gasteiger partial charge in [-0.25, -0.2) is 0 Å². The molecule has 0 heterocycles. The molecule has 3 rings (SSSR count). The molecule has 0 spiro atoms. The number of rotatable bonds is 4. The third-order valence-electron chi connectivity index (χ3n) is 4.07. The number of hydrogen-bond donors (Lipinski definition) is 1. The van der Waals surface area contributed by atoms with Crippen LogP contribution in [0.25, 0.3) is 0 Å². The maximum Gasteiger partial charge on any atom is 0.0417 e. The first-order valence-corrected chi connectivity index (χ1v) is 7.52. The van der Waals surface area contributed by atoms with E-state index < -0.39 is 0 Å². The van der Waals surface area contributed by atoms with Crippen LogP contribution in [0.3, 0.4) is 0 Å². The minimum Gasteiger partial charge on any atom is -0.304 e. The molecule has 0 atom stereocenters. The van der Waals surface area contributed by atoms with E-state index in [1.165, 1.54) is 30.4 Å². The van der Waals surface area contributed by atoms with Crippen molar-refractivity contribution >= 4 is 17.3 Å². The van der Waals surface area contributed by atoms with Crippen molar-refractivity contribution in [2.75, 3.05) is 0 Å². The average Bonchev–Trinajstić information content (AvgIpc) is 2.40. The molecule has 0 radical (unpaired) electrons. The summed E-state index contributed by atoms with van der Waals surface area (Å²) in [5, 5.41) is 9.05. The summed E-state index contributed by atoms with van der Waals surface area (Å²) < 4.78 is 0. The smallest absolute Gasteiger partial charge is 0.0417 e. The second kappa shape index (κ2) is 5.80. The summed E-state index contributed by atoms with van der Waals surface area (Å²) in [7, 11) is 0. The van der Waals surface area contributed by atoms with E-state index in [1.807, 2.05) is 12.1 Å². The van der Waals surface area contributed by atoms with Gasteiger partial charge in [-0.3, -0.25) is 0 Å². The fourth-order valence-electron chi connectivity index (χ4n) is 2.62. The van der Waals surface area contributed by atoms with Gasteiger partial charge in [-0.1, -0.05) is 48.4 Å². The largest absolute Gasteiger partial charge is 0.304 e. The first-order chi connectivity index (χ1) is 9.72. The molecule has 1 aliphatic rings. The maximum atomic E-state index is 8.27. The number of halogens is 1. The summed E-state index contributed by atoms with van der Waals surface area (Å²) >= 11 is 5.91. The van der Waals surface area contributed by atoms with Gasteiger partial charge in [-0.2, -0.15) is 0 Å². The van der Waals surface area contributed by atoms with E-state index in [-0.39, 0.29) is 0 Å². The van der Waals surface area contributed by atoms with Gasteiger partial charge in [0.1, 0.15) is 0 Å². The maximum absolute atomic E-state index is 8.27. The highest BCUT2D eigenvalue weighted by atomic mass is 35.5. The van der Waals surface area contributed by atoms with E-state index in [9.17, 15) is 0 Å². The minimum atomic E-state index is 0.487. The monoisotopic (exact) mass is 283 g/mol. The lowest BCUT2D eigenvalue weighted by Crippen LogP contribution is -2.22. The second-order valence-electron chi connectivity index (χ2n) is 5.55. The summed E-state index contributed by atoms with van der Waals surface area (Å²) in [6, 6.07) is 16.4. The van der Waals surface area contributed by atoms with Gasteiger partial charge in [0.25, 0.3) is 0 Å². The molecule has 1 fully saturated rings. The predicted molar refractivity (Wildman–Crippen MR) is 84.9 cm³/mol. The summed E-state index contributed by atoms with van der Waals surface area (Å²) in [4.78, 5) is 0. The Bertz CT molecular complexity index is 612. The normalized spacial score (nSPS) is 14.8. The molecule has 1 nitrogen and oxygen atoms in total. The number of benzene rings is 2. The van der Waals surface area contributed by atoms with Crippen LogP contribution in [-0.2, 0) is 6.42 Å². The van der Waals surface area contributed by atoms with Crippen LogP contribution < -0.4 is 0 Å². The lowest BCUT2D eigenvalue weighted by molar-refractivity contribution is 0.412. The lowest BCUT2D eigenvalue weighted by Gasteiger charge is -2.26. The van der Waals surface area contributed by atoms with Crippen molar-refractivity contribution in [3.05, 3.63) is 70.2 Å². The van der Waals surface area contributed by atoms with Crippen LogP contribution in [-0.4, -0.2) is 5.71 Å². The molecule has 0 amide bonds. The van der Waals surface area contributed by atoms with Crippen LogP contribution in [0.1, 0.15) is 36.0 Å². The Kier molecular flexibility index (Phi) is 3.88. The molecule has 0 saturated heterocycles. The fourth-order valence-corrected chi connectivity index (χ4v) is 2.75. The minimum absolute atomic E-state index is 0.487. The molecule has 1 N–H and O–H groups in total. The van der Waals surface area contributed by atoms with Crippen molar-refractivity contribution in [1.29, 1.82) is 5.41 Å². The van der Waals surface area contributed by atoms with Crippen LogP contribution in [0, 0.1) is 11.3 Å². The summed E-state index contributed by atoms with van der Waals surface area (Å²) in [6.07, 6.45) is 4.53. The molecule has 102 valence electrons. The third-order valence-corrected chi connectivity index (χ3v) is 4.32. The van der Waals surface area contributed by atoms with Gasteiger partial charge >= 0.3 is 0 Å². The van der Waals surface area contributed by atoms with E-state index in [0.717, 1.165) is 22.7 Å². The summed E-state index contributed by atoms with van der Waals surface area (Å²) in [6.45, 7) is 0. The molecule has 2 aromatic rings. The van der Waals surface area contributed by atoms with Crippen LogP contribution in [0.2, 0.25) is 5.02 Å².